The number of rotatable bonds is 5. The zero-order valence-corrected chi connectivity index (χ0v) is 8.89. The van der Waals surface area contributed by atoms with Gasteiger partial charge in [0.1, 0.15) is 0 Å². The summed E-state index contributed by atoms with van der Waals surface area (Å²) in [7, 11) is 0. The van der Waals surface area contributed by atoms with E-state index in [2.05, 4.69) is 14.8 Å². The van der Waals surface area contributed by atoms with Crippen molar-refractivity contribution in [2.75, 3.05) is 6.61 Å². The van der Waals surface area contributed by atoms with Gasteiger partial charge in [0.25, 0.3) is 0 Å². The molecule has 0 radical (unpaired) electrons. The van der Waals surface area contributed by atoms with Crippen molar-refractivity contribution in [1.82, 2.24) is 5.32 Å². The first-order valence-electron chi connectivity index (χ1n) is 4.40. The molecule has 0 aromatic heterocycles. The van der Waals surface area contributed by atoms with Gasteiger partial charge in [0.05, 0.1) is 6.61 Å². The molecule has 7 heteroatoms. The summed E-state index contributed by atoms with van der Waals surface area (Å²) >= 11 is 0. The van der Waals surface area contributed by atoms with E-state index in [1.54, 1.807) is 6.92 Å². The zero-order valence-electron chi connectivity index (χ0n) is 8.89. The van der Waals surface area contributed by atoms with Crippen LogP contribution in [0.2, 0.25) is 0 Å². The molecule has 0 aromatic rings. The summed E-state index contributed by atoms with van der Waals surface area (Å²) in [5.41, 5.74) is 7.65. The van der Waals surface area contributed by atoms with Crippen molar-refractivity contribution in [2.45, 2.75) is 13.8 Å². The van der Waals surface area contributed by atoms with Crippen molar-refractivity contribution in [3.63, 3.8) is 0 Å². The zero-order chi connectivity index (χ0) is 12.6. The van der Waals surface area contributed by atoms with E-state index >= 15 is 0 Å². The van der Waals surface area contributed by atoms with Crippen LogP contribution in [-0.4, -0.2) is 34.8 Å². The Morgan fingerprint density at radius 3 is 2.50 bits per heavy atom. The lowest BCUT2D eigenvalue weighted by molar-refractivity contribution is -0.142. The molecule has 0 heterocycles. The molecule has 0 aromatic carbocycles. The maximum Gasteiger partial charge on any atom is 0.463 e. The van der Waals surface area contributed by atoms with Crippen molar-refractivity contribution in [3.05, 3.63) is 17.8 Å². The molecule has 0 saturated carbocycles. The van der Waals surface area contributed by atoms with Gasteiger partial charge in [-0.15, -0.1) is 0 Å². The minimum Gasteiger partial charge on any atom is -0.457 e. The summed E-state index contributed by atoms with van der Waals surface area (Å²) in [6.45, 7) is 2.88. The molecule has 0 saturated heterocycles. The van der Waals surface area contributed by atoms with Crippen LogP contribution in [0.15, 0.2) is 12.3 Å². The third-order valence-electron chi connectivity index (χ3n) is 1.32. The van der Waals surface area contributed by atoms with E-state index in [4.69, 9.17) is 5.53 Å². The lowest BCUT2D eigenvalue weighted by Crippen LogP contribution is -2.35. The summed E-state index contributed by atoms with van der Waals surface area (Å²) in [5, 5.41) is 2.07. The molecule has 0 aliphatic heterocycles. The number of amides is 1. The Bertz CT molecular complexity index is 380. The van der Waals surface area contributed by atoms with Gasteiger partial charge in [-0.05, 0) is 19.9 Å². The summed E-state index contributed by atoms with van der Waals surface area (Å²) in [6, 6.07) is 0. The van der Waals surface area contributed by atoms with Gasteiger partial charge in [-0.3, -0.25) is 9.59 Å². The first kappa shape index (κ1) is 13.7. The van der Waals surface area contributed by atoms with E-state index in [0.29, 0.717) is 0 Å². The molecule has 0 bridgehead atoms. The number of carbonyl (C=O) groups excluding carboxylic acids is 3. The average molecular weight is 225 g/mol. The Hall–Kier alpha value is -2.27. The molecule has 0 aliphatic carbocycles. The van der Waals surface area contributed by atoms with Crippen molar-refractivity contribution < 1.29 is 23.9 Å². The van der Waals surface area contributed by atoms with E-state index in [1.807, 2.05) is 0 Å². The van der Waals surface area contributed by atoms with Gasteiger partial charge >= 0.3 is 17.6 Å². The number of ether oxygens (including phenoxy) is 1. The average Bonchev–Trinajstić information content (AvgIpc) is 2.18. The second kappa shape index (κ2) is 7.08. The Balaban J connectivity index is 4.52. The standard InChI is InChI=1S/C9H11N3O4/c1-3-16-9(15)7(12-10)8(14)11-5-4-6(2)13/h4-5H,3H2,1-2H3,(H,11,14)/b5-4-. The highest BCUT2D eigenvalue weighted by Crippen LogP contribution is 1.83. The molecule has 0 fully saturated rings. The molecule has 0 spiro atoms. The third kappa shape index (κ3) is 4.83. The van der Waals surface area contributed by atoms with E-state index in [0.717, 1.165) is 12.3 Å². The first-order valence-corrected chi connectivity index (χ1v) is 4.40. The second-order valence-corrected chi connectivity index (χ2v) is 2.59. The summed E-state index contributed by atoms with van der Waals surface area (Å²) in [6.07, 6.45) is 2.12. The SMILES string of the molecule is CCOC(=O)C(=[N+]=[N-])C(=O)N/C=C\C(C)=O. The summed E-state index contributed by atoms with van der Waals surface area (Å²) in [5.74, 6) is -2.28. The van der Waals surface area contributed by atoms with Crippen LogP contribution in [0.4, 0.5) is 0 Å². The number of allylic oxidation sites excluding steroid dienone is 1. The maximum atomic E-state index is 11.2. The van der Waals surface area contributed by atoms with Crippen LogP contribution < -0.4 is 5.32 Å². The van der Waals surface area contributed by atoms with Gasteiger partial charge in [0.2, 0.25) is 0 Å². The number of hydrogen-bond acceptors (Lipinski definition) is 4. The molecule has 0 unspecified atom stereocenters. The minimum atomic E-state index is -1.04. The van der Waals surface area contributed by atoms with Crippen LogP contribution in [0.3, 0.4) is 0 Å². The molecule has 1 amide bonds. The summed E-state index contributed by atoms with van der Waals surface area (Å²) in [4.78, 5) is 35.3. The lowest BCUT2D eigenvalue weighted by Gasteiger charge is -1.96. The van der Waals surface area contributed by atoms with Gasteiger partial charge in [-0.1, -0.05) is 0 Å². The topological polar surface area (TPSA) is 109 Å². The molecule has 16 heavy (non-hydrogen) atoms. The van der Waals surface area contributed by atoms with Crippen molar-refractivity contribution >= 4 is 23.4 Å². The predicted octanol–water partition coefficient (Wildman–Crippen LogP) is -0.561. The van der Waals surface area contributed by atoms with Gasteiger partial charge in [0.15, 0.2) is 5.78 Å². The van der Waals surface area contributed by atoms with Gasteiger partial charge in [-0.2, -0.15) is 4.79 Å². The molecule has 0 aliphatic rings. The van der Waals surface area contributed by atoms with Crippen molar-refractivity contribution in [3.8, 4) is 0 Å². The lowest BCUT2D eigenvalue weighted by atomic mass is 10.3. The first-order chi connectivity index (χ1) is 7.52. The highest BCUT2D eigenvalue weighted by molar-refractivity contribution is 6.61. The van der Waals surface area contributed by atoms with E-state index in [-0.39, 0.29) is 12.4 Å². The molecule has 1 N–H and O–H groups in total. The fourth-order valence-corrected chi connectivity index (χ4v) is 0.681. The number of nitrogens with one attached hydrogen (secondary N) is 1. The second-order valence-electron chi connectivity index (χ2n) is 2.59. The van der Waals surface area contributed by atoms with Crippen molar-refractivity contribution in [2.24, 2.45) is 0 Å². The van der Waals surface area contributed by atoms with Crippen LogP contribution in [0.1, 0.15) is 13.8 Å². The van der Waals surface area contributed by atoms with Gasteiger partial charge in [-0.25, -0.2) is 4.79 Å². The third-order valence-corrected chi connectivity index (χ3v) is 1.32. The highest BCUT2D eigenvalue weighted by Gasteiger charge is 2.30. The van der Waals surface area contributed by atoms with E-state index in [9.17, 15) is 14.4 Å². The number of carbonyl (C=O) groups is 3. The maximum absolute atomic E-state index is 11.2. The van der Waals surface area contributed by atoms with Gasteiger partial charge in [0, 0.05) is 6.20 Å². The van der Waals surface area contributed by atoms with Crippen LogP contribution in [0.25, 0.3) is 5.53 Å². The van der Waals surface area contributed by atoms with Crippen LogP contribution in [0, 0.1) is 0 Å². The monoisotopic (exact) mass is 225 g/mol. The fourth-order valence-electron chi connectivity index (χ4n) is 0.681. The number of ketones is 1. The highest BCUT2D eigenvalue weighted by atomic mass is 16.5. The van der Waals surface area contributed by atoms with Crippen LogP contribution >= 0.6 is 0 Å². The number of nitrogens with zero attached hydrogens (tertiary/aromatic N) is 2. The van der Waals surface area contributed by atoms with Crippen LogP contribution in [0.5, 0.6) is 0 Å². The Labute approximate surface area is 91.7 Å². The Kier molecular flexibility index (Phi) is 6.07. The molecule has 0 rings (SSSR count). The minimum absolute atomic E-state index is 0.0500. The molecule has 0 atom stereocenters. The number of hydrogen-bond donors (Lipinski definition) is 1. The Morgan fingerprint density at radius 1 is 1.44 bits per heavy atom. The quantitative estimate of drug-likeness (QED) is 0.169. The Morgan fingerprint density at radius 2 is 2.06 bits per heavy atom. The van der Waals surface area contributed by atoms with Crippen molar-refractivity contribution in [1.29, 1.82) is 0 Å². The van der Waals surface area contributed by atoms with Crippen LogP contribution in [-0.2, 0) is 19.1 Å². The molecule has 86 valence electrons. The fraction of sp³-hybridized carbons (Fsp3) is 0.333. The normalized spacial score (nSPS) is 9.38. The van der Waals surface area contributed by atoms with E-state index in [1.165, 1.54) is 6.92 Å². The largest absolute Gasteiger partial charge is 0.463 e. The smallest absolute Gasteiger partial charge is 0.457 e. The van der Waals surface area contributed by atoms with Gasteiger partial charge < -0.3 is 15.6 Å². The summed E-state index contributed by atoms with van der Waals surface area (Å²) < 4.78 is 4.46. The van der Waals surface area contributed by atoms with E-state index < -0.39 is 17.6 Å². The molecular formula is C9H11N3O4. The molecule has 7 nitrogen and oxygen atoms in total. The number of esters is 1. The predicted molar refractivity (Wildman–Crippen MR) is 53.2 cm³/mol. The molecular weight excluding hydrogens is 214 g/mol.